The molecule has 166 valence electrons. The Morgan fingerprint density at radius 1 is 0.515 bits per heavy atom. The van der Waals surface area contributed by atoms with Crippen LogP contribution in [-0.2, 0) is 12.4 Å². The summed E-state index contributed by atoms with van der Waals surface area (Å²) in [5.74, 6) is 0. The molecule has 1 aromatic heterocycles. The molecule has 0 aliphatic carbocycles. The van der Waals surface area contributed by atoms with Crippen molar-refractivity contribution in [2.45, 2.75) is 12.4 Å². The molecule has 0 aliphatic rings. The zero-order chi connectivity index (χ0) is 23.4. The van der Waals surface area contributed by atoms with Gasteiger partial charge in [-0.2, -0.15) is 26.3 Å². The van der Waals surface area contributed by atoms with Crippen LogP contribution in [0.5, 0.6) is 0 Å². The average molecular weight is 455 g/mol. The SMILES string of the molecule is FC(F)(F)c1ccc(C(F)(F)F)c(-c2ccccc2-n2c3ccccc3c3ccccc32)c1. The minimum absolute atomic E-state index is 0.0578. The molecule has 0 spiro atoms. The average Bonchev–Trinajstić information content (AvgIpc) is 3.12. The van der Waals surface area contributed by atoms with Crippen LogP contribution in [0.4, 0.5) is 26.3 Å². The van der Waals surface area contributed by atoms with E-state index in [2.05, 4.69) is 0 Å². The molecule has 0 aliphatic heterocycles. The highest BCUT2D eigenvalue weighted by molar-refractivity contribution is 6.09. The molecule has 0 unspecified atom stereocenters. The molecular weight excluding hydrogens is 440 g/mol. The summed E-state index contributed by atoms with van der Waals surface area (Å²) in [5.41, 5.74) is -0.874. The summed E-state index contributed by atoms with van der Waals surface area (Å²) >= 11 is 0. The molecule has 0 bridgehead atoms. The van der Waals surface area contributed by atoms with Crippen molar-refractivity contribution in [3.05, 3.63) is 102 Å². The Morgan fingerprint density at radius 2 is 1.06 bits per heavy atom. The van der Waals surface area contributed by atoms with Gasteiger partial charge in [0.05, 0.1) is 27.8 Å². The molecule has 0 N–H and O–H groups in total. The number of hydrogen-bond acceptors (Lipinski definition) is 0. The van der Waals surface area contributed by atoms with Crippen molar-refractivity contribution in [3.8, 4) is 16.8 Å². The van der Waals surface area contributed by atoms with Gasteiger partial charge in [-0.15, -0.1) is 0 Å². The van der Waals surface area contributed by atoms with E-state index >= 15 is 0 Å². The fraction of sp³-hybridized carbons (Fsp3) is 0.0769. The number of nitrogens with zero attached hydrogens (tertiary/aromatic N) is 1. The third kappa shape index (κ3) is 3.53. The van der Waals surface area contributed by atoms with Gasteiger partial charge < -0.3 is 4.57 Å². The summed E-state index contributed by atoms with van der Waals surface area (Å²) < 4.78 is 83.6. The van der Waals surface area contributed by atoms with Crippen LogP contribution in [0.15, 0.2) is 91.0 Å². The highest BCUT2D eigenvalue weighted by Gasteiger charge is 2.37. The molecule has 7 heteroatoms. The van der Waals surface area contributed by atoms with Gasteiger partial charge in [0, 0.05) is 16.3 Å². The lowest BCUT2D eigenvalue weighted by Gasteiger charge is -2.19. The topological polar surface area (TPSA) is 4.93 Å². The van der Waals surface area contributed by atoms with Crippen LogP contribution in [0.25, 0.3) is 38.6 Å². The van der Waals surface area contributed by atoms with Gasteiger partial charge in [-0.25, -0.2) is 0 Å². The molecule has 0 saturated heterocycles. The van der Waals surface area contributed by atoms with Gasteiger partial charge in [-0.05, 0) is 42.0 Å². The maximum atomic E-state index is 13.9. The van der Waals surface area contributed by atoms with Crippen molar-refractivity contribution < 1.29 is 26.3 Å². The van der Waals surface area contributed by atoms with Crippen molar-refractivity contribution in [3.63, 3.8) is 0 Å². The largest absolute Gasteiger partial charge is 0.417 e. The molecule has 0 saturated carbocycles. The predicted molar refractivity (Wildman–Crippen MR) is 116 cm³/mol. The minimum atomic E-state index is -4.83. The summed E-state index contributed by atoms with van der Waals surface area (Å²) in [6.07, 6.45) is -9.60. The summed E-state index contributed by atoms with van der Waals surface area (Å²) in [5, 5.41) is 1.78. The molecule has 1 nitrogen and oxygen atoms in total. The molecule has 0 amide bonds. The van der Waals surface area contributed by atoms with E-state index in [0.29, 0.717) is 23.9 Å². The molecule has 33 heavy (non-hydrogen) atoms. The van der Waals surface area contributed by atoms with Gasteiger partial charge in [0.25, 0.3) is 0 Å². The molecule has 5 aromatic rings. The lowest BCUT2D eigenvalue weighted by Crippen LogP contribution is -2.11. The predicted octanol–water partition coefficient (Wildman–Crippen LogP) is 8.49. The number of aromatic nitrogens is 1. The van der Waals surface area contributed by atoms with Crippen molar-refractivity contribution in [2.24, 2.45) is 0 Å². The van der Waals surface area contributed by atoms with Crippen molar-refractivity contribution >= 4 is 21.8 Å². The second-order valence-electron chi connectivity index (χ2n) is 7.64. The zero-order valence-electron chi connectivity index (χ0n) is 16.9. The van der Waals surface area contributed by atoms with E-state index in [1.165, 1.54) is 12.1 Å². The molecule has 0 radical (unpaired) electrons. The Labute approximate surface area is 184 Å². The van der Waals surface area contributed by atoms with Gasteiger partial charge in [-0.3, -0.25) is 0 Å². The fourth-order valence-electron chi connectivity index (χ4n) is 4.27. The van der Waals surface area contributed by atoms with E-state index in [0.717, 1.165) is 21.8 Å². The second kappa shape index (κ2) is 7.40. The van der Waals surface area contributed by atoms with E-state index in [1.54, 1.807) is 16.7 Å². The summed E-state index contributed by atoms with van der Waals surface area (Å²) in [4.78, 5) is 0. The lowest BCUT2D eigenvalue weighted by molar-refractivity contribution is -0.141. The smallest absolute Gasteiger partial charge is 0.309 e. The van der Waals surface area contributed by atoms with Crippen LogP contribution >= 0.6 is 0 Å². The van der Waals surface area contributed by atoms with Gasteiger partial charge >= 0.3 is 12.4 Å². The standard InChI is InChI=1S/C26H15F6N/c27-25(28,29)16-13-14-21(26(30,31)32)20(15-16)19-9-3-6-12-24(19)33-22-10-4-1-7-17(22)18-8-2-5-11-23(18)33/h1-15H. The third-order valence-electron chi connectivity index (χ3n) is 5.67. The first kappa shape index (κ1) is 21.1. The Balaban J connectivity index is 1.88. The van der Waals surface area contributed by atoms with E-state index in [9.17, 15) is 26.3 Å². The highest BCUT2D eigenvalue weighted by Crippen LogP contribution is 2.43. The summed E-state index contributed by atoms with van der Waals surface area (Å²) in [7, 11) is 0. The van der Waals surface area contributed by atoms with Crippen LogP contribution in [0.3, 0.4) is 0 Å². The molecular formula is C26H15F6N. The number of hydrogen-bond donors (Lipinski definition) is 0. The molecule has 0 fully saturated rings. The van der Waals surface area contributed by atoms with Gasteiger partial charge in [-0.1, -0.05) is 54.6 Å². The van der Waals surface area contributed by atoms with Crippen LogP contribution in [0, 0.1) is 0 Å². The van der Waals surface area contributed by atoms with Crippen LogP contribution in [0.1, 0.15) is 11.1 Å². The van der Waals surface area contributed by atoms with E-state index in [1.807, 2.05) is 48.5 Å². The lowest BCUT2D eigenvalue weighted by atomic mass is 9.95. The van der Waals surface area contributed by atoms with Gasteiger partial charge in [0.15, 0.2) is 0 Å². The zero-order valence-corrected chi connectivity index (χ0v) is 16.9. The molecule has 5 rings (SSSR count). The maximum Gasteiger partial charge on any atom is 0.417 e. The Kier molecular flexibility index (Phi) is 4.74. The highest BCUT2D eigenvalue weighted by atomic mass is 19.4. The number of rotatable bonds is 2. The third-order valence-corrected chi connectivity index (χ3v) is 5.67. The fourth-order valence-corrected chi connectivity index (χ4v) is 4.27. The number of alkyl halides is 6. The molecule has 4 aromatic carbocycles. The monoisotopic (exact) mass is 455 g/mol. The number of para-hydroxylation sites is 3. The first-order valence-electron chi connectivity index (χ1n) is 10.0. The number of fused-ring (bicyclic) bond motifs is 3. The quantitative estimate of drug-likeness (QED) is 0.235. The Bertz CT molecular complexity index is 1440. The van der Waals surface area contributed by atoms with Crippen LogP contribution < -0.4 is 0 Å². The van der Waals surface area contributed by atoms with E-state index < -0.39 is 29.0 Å². The van der Waals surface area contributed by atoms with Crippen LogP contribution in [0.2, 0.25) is 0 Å². The van der Waals surface area contributed by atoms with Gasteiger partial charge in [0.2, 0.25) is 0 Å². The van der Waals surface area contributed by atoms with Crippen molar-refractivity contribution in [1.82, 2.24) is 4.57 Å². The number of halogens is 6. The number of benzene rings is 4. The first-order chi connectivity index (χ1) is 15.7. The second-order valence-corrected chi connectivity index (χ2v) is 7.64. The molecule has 0 atom stereocenters. The Morgan fingerprint density at radius 3 is 1.64 bits per heavy atom. The minimum Gasteiger partial charge on any atom is -0.309 e. The summed E-state index contributed by atoms with van der Waals surface area (Å²) in [6.45, 7) is 0. The Hall–Kier alpha value is -3.74. The van der Waals surface area contributed by atoms with Gasteiger partial charge in [0.1, 0.15) is 0 Å². The maximum absolute atomic E-state index is 13.9. The normalized spacial score (nSPS) is 12.5. The van der Waals surface area contributed by atoms with E-state index in [-0.39, 0.29) is 5.56 Å². The first-order valence-corrected chi connectivity index (χ1v) is 10.0. The summed E-state index contributed by atoms with van der Waals surface area (Å²) in [6, 6.07) is 22.6. The van der Waals surface area contributed by atoms with E-state index in [4.69, 9.17) is 0 Å². The van der Waals surface area contributed by atoms with Crippen molar-refractivity contribution in [2.75, 3.05) is 0 Å². The molecule has 1 heterocycles. The van der Waals surface area contributed by atoms with Crippen molar-refractivity contribution in [1.29, 1.82) is 0 Å². The van der Waals surface area contributed by atoms with Crippen LogP contribution in [-0.4, -0.2) is 4.57 Å².